The van der Waals surface area contributed by atoms with E-state index in [-0.39, 0.29) is 17.9 Å². The molecule has 2 N–H and O–H groups in total. The molecular formula is C18H20ClN3O2. The van der Waals surface area contributed by atoms with Gasteiger partial charge in [0.05, 0.1) is 21.8 Å². The average molecular weight is 346 g/mol. The van der Waals surface area contributed by atoms with Gasteiger partial charge in [-0.2, -0.15) is 0 Å². The van der Waals surface area contributed by atoms with Gasteiger partial charge in [0.1, 0.15) is 0 Å². The van der Waals surface area contributed by atoms with Crippen molar-refractivity contribution in [1.29, 1.82) is 0 Å². The summed E-state index contributed by atoms with van der Waals surface area (Å²) in [4.78, 5) is 28.5. The molecule has 0 fully saturated rings. The van der Waals surface area contributed by atoms with Crippen molar-refractivity contribution in [3.05, 3.63) is 57.9 Å². The maximum Gasteiger partial charge on any atom is 0.257 e. The van der Waals surface area contributed by atoms with Crippen molar-refractivity contribution in [3.8, 4) is 0 Å². The van der Waals surface area contributed by atoms with Gasteiger partial charge in [-0.3, -0.25) is 14.6 Å². The molecule has 6 heteroatoms. The topological polar surface area (TPSA) is 71.1 Å². The molecule has 0 aliphatic heterocycles. The Kier molecular flexibility index (Phi) is 5.57. The summed E-state index contributed by atoms with van der Waals surface area (Å²) in [5.41, 5.74) is 3.08. The number of amides is 2. The predicted molar refractivity (Wildman–Crippen MR) is 95.7 cm³/mol. The van der Waals surface area contributed by atoms with Crippen LogP contribution in [0.2, 0.25) is 5.02 Å². The average Bonchev–Trinajstić information content (AvgIpc) is 2.50. The third-order valence-corrected chi connectivity index (χ3v) is 3.65. The van der Waals surface area contributed by atoms with Crippen LogP contribution in [0.5, 0.6) is 0 Å². The SMILES string of the molecule is Cc1cc(C)c(NC(=O)c2cncc(C(=O)NC(C)C)c2)c(Cl)c1. The third kappa shape index (κ3) is 4.32. The smallest absolute Gasteiger partial charge is 0.257 e. The van der Waals surface area contributed by atoms with Gasteiger partial charge in [0.15, 0.2) is 0 Å². The first kappa shape index (κ1) is 17.9. The number of carbonyl (C=O) groups excluding carboxylic acids is 2. The number of aryl methyl sites for hydroxylation is 2. The molecule has 1 heterocycles. The Bertz CT molecular complexity index is 765. The van der Waals surface area contributed by atoms with Crippen LogP contribution in [0, 0.1) is 13.8 Å². The predicted octanol–water partition coefficient (Wildman–Crippen LogP) is 3.74. The monoisotopic (exact) mass is 345 g/mol. The number of benzene rings is 1. The van der Waals surface area contributed by atoms with Gasteiger partial charge in [-0.25, -0.2) is 0 Å². The van der Waals surface area contributed by atoms with Crippen molar-refractivity contribution >= 4 is 29.1 Å². The number of carbonyl (C=O) groups is 2. The number of hydrogen-bond donors (Lipinski definition) is 2. The fourth-order valence-electron chi connectivity index (χ4n) is 2.29. The minimum atomic E-state index is -0.365. The number of aromatic nitrogens is 1. The Morgan fingerprint density at radius 2 is 1.67 bits per heavy atom. The maximum atomic E-state index is 12.5. The number of rotatable bonds is 4. The zero-order chi connectivity index (χ0) is 17.9. The van der Waals surface area contributed by atoms with Crippen molar-refractivity contribution in [2.24, 2.45) is 0 Å². The van der Waals surface area contributed by atoms with Crippen LogP contribution < -0.4 is 10.6 Å². The first-order valence-electron chi connectivity index (χ1n) is 7.62. The molecule has 1 aromatic heterocycles. The van der Waals surface area contributed by atoms with E-state index in [9.17, 15) is 9.59 Å². The lowest BCUT2D eigenvalue weighted by Crippen LogP contribution is -2.30. The van der Waals surface area contributed by atoms with Gasteiger partial charge in [0, 0.05) is 18.4 Å². The Morgan fingerprint density at radius 3 is 2.25 bits per heavy atom. The van der Waals surface area contributed by atoms with Crippen molar-refractivity contribution in [2.75, 3.05) is 5.32 Å². The lowest BCUT2D eigenvalue weighted by Gasteiger charge is -2.12. The molecule has 126 valence electrons. The summed E-state index contributed by atoms with van der Waals surface area (Å²) >= 11 is 6.21. The minimum Gasteiger partial charge on any atom is -0.350 e. The number of pyridine rings is 1. The molecule has 0 atom stereocenters. The van der Waals surface area contributed by atoms with Crippen LogP contribution in [0.25, 0.3) is 0 Å². The normalized spacial score (nSPS) is 10.6. The second-order valence-electron chi connectivity index (χ2n) is 5.98. The summed E-state index contributed by atoms with van der Waals surface area (Å²) in [5.74, 6) is -0.632. The summed E-state index contributed by atoms with van der Waals surface area (Å²) in [6.45, 7) is 7.54. The van der Waals surface area contributed by atoms with Crippen molar-refractivity contribution in [2.45, 2.75) is 33.7 Å². The molecule has 0 bridgehead atoms. The van der Waals surface area contributed by atoms with E-state index < -0.39 is 0 Å². The molecule has 0 aliphatic rings. The molecule has 0 unspecified atom stereocenters. The largest absolute Gasteiger partial charge is 0.350 e. The number of anilines is 1. The summed E-state index contributed by atoms with van der Waals surface area (Å²) in [6.07, 6.45) is 2.84. The first-order valence-corrected chi connectivity index (χ1v) is 7.99. The van der Waals surface area contributed by atoms with Crippen LogP contribution in [-0.2, 0) is 0 Å². The van der Waals surface area contributed by atoms with Gasteiger partial charge < -0.3 is 10.6 Å². The molecule has 0 saturated carbocycles. The van der Waals surface area contributed by atoms with Crippen molar-refractivity contribution < 1.29 is 9.59 Å². The highest BCUT2D eigenvalue weighted by atomic mass is 35.5. The Morgan fingerprint density at radius 1 is 1.04 bits per heavy atom. The third-order valence-electron chi connectivity index (χ3n) is 3.35. The summed E-state index contributed by atoms with van der Waals surface area (Å²) in [6, 6.07) is 5.24. The van der Waals surface area contributed by atoms with Crippen LogP contribution in [0.1, 0.15) is 45.7 Å². The van der Waals surface area contributed by atoms with E-state index in [0.29, 0.717) is 21.8 Å². The number of nitrogens with zero attached hydrogens (tertiary/aromatic N) is 1. The highest BCUT2D eigenvalue weighted by molar-refractivity contribution is 6.34. The number of nitrogens with one attached hydrogen (secondary N) is 2. The Hall–Kier alpha value is -2.40. The molecule has 2 aromatic rings. The standard InChI is InChI=1S/C18H20ClN3O2/c1-10(2)21-17(23)13-7-14(9-20-8-13)18(24)22-16-12(4)5-11(3)6-15(16)19/h5-10H,1-4H3,(H,21,23)(H,22,24). The maximum absolute atomic E-state index is 12.5. The van der Waals surface area contributed by atoms with Gasteiger partial charge in [0.2, 0.25) is 0 Å². The summed E-state index contributed by atoms with van der Waals surface area (Å²) in [7, 11) is 0. The molecule has 1 aromatic carbocycles. The second kappa shape index (κ2) is 7.45. The van der Waals surface area contributed by atoms with Crippen LogP contribution in [-0.4, -0.2) is 22.8 Å². The van der Waals surface area contributed by atoms with E-state index in [0.717, 1.165) is 11.1 Å². The fourth-order valence-corrected chi connectivity index (χ4v) is 2.66. The van der Waals surface area contributed by atoms with Crippen LogP contribution >= 0.6 is 11.6 Å². The lowest BCUT2D eigenvalue weighted by molar-refractivity contribution is 0.0942. The molecule has 24 heavy (non-hydrogen) atoms. The van der Waals surface area contributed by atoms with E-state index >= 15 is 0 Å². The van der Waals surface area contributed by atoms with E-state index in [1.54, 1.807) is 6.07 Å². The molecule has 5 nitrogen and oxygen atoms in total. The molecule has 0 saturated heterocycles. The van der Waals surface area contributed by atoms with Gasteiger partial charge >= 0.3 is 0 Å². The summed E-state index contributed by atoms with van der Waals surface area (Å²) < 4.78 is 0. The molecule has 0 spiro atoms. The molecule has 2 amide bonds. The minimum absolute atomic E-state index is 0.00370. The van der Waals surface area contributed by atoms with Crippen molar-refractivity contribution in [3.63, 3.8) is 0 Å². The van der Waals surface area contributed by atoms with Crippen LogP contribution in [0.3, 0.4) is 0 Å². The zero-order valence-corrected chi connectivity index (χ0v) is 14.9. The first-order chi connectivity index (χ1) is 11.3. The van der Waals surface area contributed by atoms with Gasteiger partial charge in [0.25, 0.3) is 11.8 Å². The zero-order valence-electron chi connectivity index (χ0n) is 14.1. The number of hydrogen-bond acceptors (Lipinski definition) is 3. The Labute approximate surface area is 146 Å². The highest BCUT2D eigenvalue weighted by Gasteiger charge is 2.14. The quantitative estimate of drug-likeness (QED) is 0.886. The van der Waals surface area contributed by atoms with E-state index in [2.05, 4.69) is 15.6 Å². The lowest BCUT2D eigenvalue weighted by atomic mass is 10.1. The summed E-state index contributed by atoms with van der Waals surface area (Å²) in [5, 5.41) is 6.03. The fraction of sp³-hybridized carbons (Fsp3) is 0.278. The highest BCUT2D eigenvalue weighted by Crippen LogP contribution is 2.27. The molecule has 0 aliphatic carbocycles. The van der Waals surface area contributed by atoms with E-state index in [1.165, 1.54) is 18.5 Å². The van der Waals surface area contributed by atoms with Gasteiger partial charge in [-0.1, -0.05) is 17.7 Å². The second-order valence-corrected chi connectivity index (χ2v) is 6.39. The van der Waals surface area contributed by atoms with E-state index in [1.807, 2.05) is 33.8 Å². The van der Waals surface area contributed by atoms with Crippen molar-refractivity contribution in [1.82, 2.24) is 10.3 Å². The van der Waals surface area contributed by atoms with Crippen LogP contribution in [0.15, 0.2) is 30.6 Å². The van der Waals surface area contributed by atoms with Gasteiger partial charge in [-0.15, -0.1) is 0 Å². The number of halogens is 1. The molecular weight excluding hydrogens is 326 g/mol. The Balaban J connectivity index is 2.24. The van der Waals surface area contributed by atoms with Crippen LogP contribution in [0.4, 0.5) is 5.69 Å². The van der Waals surface area contributed by atoms with Gasteiger partial charge in [-0.05, 0) is 51.0 Å². The molecule has 2 rings (SSSR count). The molecule has 0 radical (unpaired) electrons. The van der Waals surface area contributed by atoms with E-state index in [4.69, 9.17) is 11.6 Å².